The van der Waals surface area contributed by atoms with Crippen molar-refractivity contribution < 1.29 is 0 Å². The van der Waals surface area contributed by atoms with Gasteiger partial charge in [0.15, 0.2) is 5.96 Å². The molecule has 0 amide bonds. The van der Waals surface area contributed by atoms with Crippen molar-refractivity contribution in [2.45, 2.75) is 46.2 Å². The van der Waals surface area contributed by atoms with Gasteiger partial charge >= 0.3 is 0 Å². The van der Waals surface area contributed by atoms with Crippen LogP contribution in [0.4, 0.5) is 0 Å². The monoisotopic (exact) mass is 458 g/mol. The molecule has 24 heavy (non-hydrogen) atoms. The number of aliphatic imine (C=N–C) groups is 1. The van der Waals surface area contributed by atoms with Gasteiger partial charge in [0.05, 0.1) is 12.2 Å². The van der Waals surface area contributed by atoms with Gasteiger partial charge in [0.2, 0.25) is 0 Å². The summed E-state index contributed by atoms with van der Waals surface area (Å²) in [5.41, 5.74) is 3.75. The molecule has 132 valence electrons. The molecule has 0 aliphatic rings. The maximum absolute atomic E-state index is 4.69. The van der Waals surface area contributed by atoms with E-state index >= 15 is 0 Å². The van der Waals surface area contributed by atoms with Crippen molar-refractivity contribution in [1.29, 1.82) is 0 Å². The lowest BCUT2D eigenvalue weighted by Gasteiger charge is -2.14. The fraction of sp³-hybridized carbons (Fsp3) is 0.444. The van der Waals surface area contributed by atoms with Crippen LogP contribution in [0, 0.1) is 6.92 Å². The normalized spacial score (nSPS) is 11.8. The first kappa shape index (κ1) is 20.9. The highest BCUT2D eigenvalue weighted by atomic mass is 127. The van der Waals surface area contributed by atoms with Gasteiger partial charge in [-0.2, -0.15) is 0 Å². The number of nitrogens with one attached hydrogen (secondary N) is 2. The van der Waals surface area contributed by atoms with Crippen LogP contribution in [-0.4, -0.2) is 18.0 Å². The van der Waals surface area contributed by atoms with E-state index in [0.29, 0.717) is 6.54 Å². The Labute approximate surface area is 166 Å². The Morgan fingerprint density at radius 3 is 2.50 bits per heavy atom. The van der Waals surface area contributed by atoms with Gasteiger partial charge in [0.25, 0.3) is 0 Å². The van der Waals surface area contributed by atoms with E-state index in [1.165, 1.54) is 11.1 Å². The molecule has 2 N–H and O–H groups in total. The number of halogens is 1. The summed E-state index contributed by atoms with van der Waals surface area (Å²) in [4.78, 5) is 8.96. The van der Waals surface area contributed by atoms with Gasteiger partial charge in [-0.1, -0.05) is 50.6 Å². The molecular formula is C18H27IN4S. The first-order chi connectivity index (χ1) is 10.9. The third-order valence-electron chi connectivity index (χ3n) is 3.49. The van der Waals surface area contributed by atoms with Gasteiger partial charge in [0.1, 0.15) is 5.01 Å². The second kappa shape index (κ2) is 9.36. The van der Waals surface area contributed by atoms with Crippen LogP contribution in [0.25, 0.3) is 0 Å². The van der Waals surface area contributed by atoms with E-state index in [1.54, 1.807) is 18.4 Å². The fourth-order valence-corrected chi connectivity index (χ4v) is 3.08. The Balaban J connectivity index is 0.00000288. The summed E-state index contributed by atoms with van der Waals surface area (Å²) >= 11 is 1.69. The van der Waals surface area contributed by atoms with E-state index in [0.717, 1.165) is 23.2 Å². The lowest BCUT2D eigenvalue weighted by molar-refractivity contribution is 0.570. The summed E-state index contributed by atoms with van der Waals surface area (Å²) in [6.45, 7) is 10.1. The van der Waals surface area contributed by atoms with Crippen LogP contribution in [0.3, 0.4) is 0 Å². The molecule has 4 nitrogen and oxygen atoms in total. The summed E-state index contributed by atoms with van der Waals surface area (Å²) in [7, 11) is 1.79. The Bertz CT molecular complexity index is 674. The second-order valence-electron chi connectivity index (χ2n) is 6.64. The van der Waals surface area contributed by atoms with Crippen molar-refractivity contribution in [2.24, 2.45) is 4.99 Å². The molecule has 0 saturated carbocycles. The zero-order chi connectivity index (χ0) is 16.9. The quantitative estimate of drug-likeness (QED) is 0.410. The van der Waals surface area contributed by atoms with Crippen LogP contribution in [0.5, 0.6) is 0 Å². The highest BCUT2D eigenvalue weighted by Crippen LogP contribution is 2.23. The molecule has 0 atom stereocenters. The van der Waals surface area contributed by atoms with Crippen LogP contribution >= 0.6 is 35.3 Å². The van der Waals surface area contributed by atoms with Crippen molar-refractivity contribution in [1.82, 2.24) is 15.6 Å². The highest BCUT2D eigenvalue weighted by Gasteiger charge is 2.17. The Morgan fingerprint density at radius 2 is 1.92 bits per heavy atom. The molecule has 1 aromatic heterocycles. The number of nitrogens with zero attached hydrogens (tertiary/aromatic N) is 2. The molecular weight excluding hydrogens is 431 g/mol. The number of hydrogen-bond donors (Lipinski definition) is 2. The molecule has 1 heterocycles. The molecule has 6 heteroatoms. The maximum Gasteiger partial charge on any atom is 0.191 e. The summed E-state index contributed by atoms with van der Waals surface area (Å²) in [6, 6.07) is 8.47. The molecule has 0 fully saturated rings. The average Bonchev–Trinajstić information content (AvgIpc) is 2.96. The van der Waals surface area contributed by atoms with E-state index in [4.69, 9.17) is 4.98 Å². The molecule has 0 unspecified atom stereocenters. The smallest absolute Gasteiger partial charge is 0.191 e. The van der Waals surface area contributed by atoms with Crippen molar-refractivity contribution in [3.8, 4) is 0 Å². The van der Waals surface area contributed by atoms with E-state index in [9.17, 15) is 0 Å². The third-order valence-corrected chi connectivity index (χ3v) is 4.34. The second-order valence-corrected chi connectivity index (χ2v) is 7.59. The number of rotatable bonds is 4. The average molecular weight is 458 g/mol. The SMILES string of the molecule is CN=C(NCc1cccc(C)c1)NCc1nc(C(C)(C)C)cs1.I. The van der Waals surface area contributed by atoms with E-state index < -0.39 is 0 Å². The van der Waals surface area contributed by atoms with Gasteiger partial charge in [-0.3, -0.25) is 4.99 Å². The largest absolute Gasteiger partial charge is 0.352 e. The zero-order valence-corrected chi connectivity index (χ0v) is 18.2. The molecule has 0 radical (unpaired) electrons. The molecule has 0 aliphatic heterocycles. The van der Waals surface area contributed by atoms with E-state index in [1.807, 2.05) is 0 Å². The molecule has 0 bridgehead atoms. The fourth-order valence-electron chi connectivity index (χ4n) is 2.12. The summed E-state index contributed by atoms with van der Waals surface area (Å²) in [6.07, 6.45) is 0. The van der Waals surface area contributed by atoms with Crippen molar-refractivity contribution in [3.63, 3.8) is 0 Å². The standard InChI is InChI=1S/C18H26N4S.HI/c1-13-7-6-8-14(9-13)10-20-17(19-5)21-11-16-22-15(12-23-16)18(2,3)4;/h6-9,12H,10-11H2,1-5H3,(H2,19,20,21);1H. The predicted octanol–water partition coefficient (Wildman–Crippen LogP) is 4.23. The number of thiazole rings is 1. The van der Waals surface area contributed by atoms with Crippen LogP contribution < -0.4 is 10.6 Å². The van der Waals surface area contributed by atoms with E-state index in [-0.39, 0.29) is 29.4 Å². The van der Waals surface area contributed by atoms with Gasteiger partial charge in [0, 0.05) is 24.4 Å². The minimum absolute atomic E-state index is 0. The molecule has 1 aromatic carbocycles. The first-order valence-corrected chi connectivity index (χ1v) is 8.71. The van der Waals surface area contributed by atoms with Crippen LogP contribution in [-0.2, 0) is 18.5 Å². The Kier molecular flexibility index (Phi) is 8.15. The number of aromatic nitrogens is 1. The number of aryl methyl sites for hydroxylation is 1. The van der Waals surface area contributed by atoms with Gasteiger partial charge < -0.3 is 10.6 Å². The topological polar surface area (TPSA) is 49.3 Å². The minimum atomic E-state index is 0. The Hall–Kier alpha value is -1.15. The third kappa shape index (κ3) is 6.39. The highest BCUT2D eigenvalue weighted by molar-refractivity contribution is 14.0. The van der Waals surface area contributed by atoms with Crippen molar-refractivity contribution in [2.75, 3.05) is 7.05 Å². The maximum atomic E-state index is 4.69. The van der Waals surface area contributed by atoms with Gasteiger partial charge in [-0.15, -0.1) is 35.3 Å². The summed E-state index contributed by atoms with van der Waals surface area (Å²) in [5, 5.41) is 9.87. The van der Waals surface area contributed by atoms with Crippen LogP contribution in [0.1, 0.15) is 42.6 Å². The number of benzene rings is 1. The van der Waals surface area contributed by atoms with Crippen molar-refractivity contribution >= 4 is 41.3 Å². The number of guanidine groups is 1. The van der Waals surface area contributed by atoms with Crippen molar-refractivity contribution in [3.05, 3.63) is 51.5 Å². The van der Waals surface area contributed by atoms with Gasteiger partial charge in [-0.05, 0) is 12.5 Å². The summed E-state index contributed by atoms with van der Waals surface area (Å²) in [5.74, 6) is 0.791. The molecule has 0 aliphatic carbocycles. The number of hydrogen-bond acceptors (Lipinski definition) is 3. The Morgan fingerprint density at radius 1 is 1.21 bits per heavy atom. The molecule has 0 spiro atoms. The van der Waals surface area contributed by atoms with Gasteiger partial charge in [-0.25, -0.2) is 4.98 Å². The minimum Gasteiger partial charge on any atom is -0.352 e. The molecule has 2 rings (SSSR count). The summed E-state index contributed by atoms with van der Waals surface area (Å²) < 4.78 is 0. The lowest BCUT2D eigenvalue weighted by Crippen LogP contribution is -2.36. The molecule has 0 saturated heterocycles. The van der Waals surface area contributed by atoms with Crippen LogP contribution in [0.2, 0.25) is 0 Å². The molecule has 2 aromatic rings. The lowest BCUT2D eigenvalue weighted by atomic mass is 9.93. The predicted molar refractivity (Wildman–Crippen MR) is 114 cm³/mol. The van der Waals surface area contributed by atoms with E-state index in [2.05, 4.69) is 73.0 Å². The first-order valence-electron chi connectivity index (χ1n) is 7.83. The van der Waals surface area contributed by atoms with Crippen LogP contribution in [0.15, 0.2) is 34.6 Å². The zero-order valence-electron chi connectivity index (χ0n) is 15.0.